The lowest BCUT2D eigenvalue weighted by Gasteiger charge is -2.25. The van der Waals surface area contributed by atoms with Gasteiger partial charge in [-0.1, -0.05) is 0 Å². The summed E-state index contributed by atoms with van der Waals surface area (Å²) in [7, 11) is 0. The molecule has 2 rings (SSSR count). The maximum absolute atomic E-state index is 12.0. The Bertz CT molecular complexity index is 223. The van der Waals surface area contributed by atoms with Gasteiger partial charge < -0.3 is 15.1 Å². The average Bonchev–Trinajstić information content (AvgIpc) is 2.71. The summed E-state index contributed by atoms with van der Waals surface area (Å²) in [4.78, 5) is 15.9. The average molecular weight is 197 g/mol. The van der Waals surface area contributed by atoms with Crippen LogP contribution in [-0.4, -0.2) is 54.1 Å². The first-order chi connectivity index (χ1) is 6.70. The molecule has 2 heterocycles. The third kappa shape index (κ3) is 1.59. The van der Waals surface area contributed by atoms with E-state index in [0.717, 1.165) is 32.6 Å². The van der Waals surface area contributed by atoms with E-state index in [4.69, 9.17) is 0 Å². The van der Waals surface area contributed by atoms with Crippen LogP contribution in [0.4, 0.5) is 4.79 Å². The summed E-state index contributed by atoms with van der Waals surface area (Å²) < 4.78 is 0. The minimum absolute atomic E-state index is 0.230. The van der Waals surface area contributed by atoms with Crippen molar-refractivity contribution >= 4 is 6.03 Å². The summed E-state index contributed by atoms with van der Waals surface area (Å²) in [6.45, 7) is 7.98. The number of hydrogen-bond donors (Lipinski definition) is 1. The highest BCUT2D eigenvalue weighted by Crippen LogP contribution is 2.18. The van der Waals surface area contributed by atoms with Gasteiger partial charge in [-0.15, -0.1) is 0 Å². The predicted octanol–water partition coefficient (Wildman–Crippen LogP) is 0.494. The monoisotopic (exact) mass is 197 g/mol. The highest BCUT2D eigenvalue weighted by Gasteiger charge is 2.35. The van der Waals surface area contributed by atoms with Gasteiger partial charge in [-0.05, 0) is 26.8 Å². The van der Waals surface area contributed by atoms with E-state index < -0.39 is 0 Å². The number of amides is 2. The molecule has 0 spiro atoms. The Kier molecular flexibility index (Phi) is 2.63. The SMILES string of the molecule is CC(C)N1CCN([C@H]2CCNC2)C1=O. The van der Waals surface area contributed by atoms with Crippen molar-refractivity contribution in [1.29, 1.82) is 0 Å². The highest BCUT2D eigenvalue weighted by molar-refractivity contribution is 5.77. The maximum Gasteiger partial charge on any atom is 0.320 e. The fourth-order valence-corrected chi connectivity index (χ4v) is 2.30. The normalized spacial score (nSPS) is 28.2. The van der Waals surface area contributed by atoms with Crippen LogP contribution in [0, 0.1) is 0 Å². The zero-order chi connectivity index (χ0) is 10.1. The second-order valence-corrected chi connectivity index (χ2v) is 4.41. The quantitative estimate of drug-likeness (QED) is 0.699. The molecule has 0 bridgehead atoms. The van der Waals surface area contributed by atoms with Gasteiger partial charge in [0.1, 0.15) is 0 Å². The van der Waals surface area contributed by atoms with Gasteiger partial charge in [0.25, 0.3) is 0 Å². The maximum atomic E-state index is 12.0. The van der Waals surface area contributed by atoms with E-state index in [1.807, 2.05) is 9.80 Å². The third-order valence-electron chi connectivity index (χ3n) is 3.17. The number of rotatable bonds is 2. The van der Waals surface area contributed by atoms with Gasteiger partial charge in [0.15, 0.2) is 0 Å². The molecule has 0 aliphatic carbocycles. The van der Waals surface area contributed by atoms with E-state index >= 15 is 0 Å². The van der Waals surface area contributed by atoms with E-state index in [-0.39, 0.29) is 6.03 Å². The smallest absolute Gasteiger partial charge is 0.320 e. The zero-order valence-electron chi connectivity index (χ0n) is 8.99. The number of carbonyl (C=O) groups is 1. The molecule has 0 saturated carbocycles. The van der Waals surface area contributed by atoms with Crippen molar-refractivity contribution in [3.05, 3.63) is 0 Å². The van der Waals surface area contributed by atoms with Gasteiger partial charge in [0.05, 0.1) is 0 Å². The molecule has 80 valence electrons. The molecule has 14 heavy (non-hydrogen) atoms. The van der Waals surface area contributed by atoms with Crippen LogP contribution >= 0.6 is 0 Å². The van der Waals surface area contributed by atoms with Crippen LogP contribution in [0.5, 0.6) is 0 Å². The molecular weight excluding hydrogens is 178 g/mol. The van der Waals surface area contributed by atoms with E-state index in [1.54, 1.807) is 0 Å². The molecule has 0 aromatic carbocycles. The Labute approximate surface area is 85.2 Å². The molecule has 2 amide bonds. The van der Waals surface area contributed by atoms with E-state index in [9.17, 15) is 4.79 Å². The number of nitrogens with one attached hydrogen (secondary N) is 1. The molecule has 1 N–H and O–H groups in total. The summed E-state index contributed by atoms with van der Waals surface area (Å²) >= 11 is 0. The van der Waals surface area contributed by atoms with Gasteiger partial charge in [0, 0.05) is 31.7 Å². The molecule has 2 aliphatic rings. The molecule has 4 heteroatoms. The Morgan fingerprint density at radius 3 is 2.71 bits per heavy atom. The second kappa shape index (κ2) is 3.77. The van der Waals surface area contributed by atoms with Gasteiger partial charge in [-0.2, -0.15) is 0 Å². The molecule has 2 fully saturated rings. The molecule has 1 atom stereocenters. The Morgan fingerprint density at radius 1 is 1.43 bits per heavy atom. The van der Waals surface area contributed by atoms with E-state index in [2.05, 4.69) is 19.2 Å². The summed E-state index contributed by atoms with van der Waals surface area (Å²) in [6.07, 6.45) is 1.11. The first-order valence-electron chi connectivity index (χ1n) is 5.48. The van der Waals surface area contributed by atoms with Gasteiger partial charge in [0.2, 0.25) is 0 Å². The Hall–Kier alpha value is -0.770. The van der Waals surface area contributed by atoms with Crippen molar-refractivity contribution in [3.8, 4) is 0 Å². The molecular formula is C10H19N3O. The van der Waals surface area contributed by atoms with Crippen molar-refractivity contribution in [2.24, 2.45) is 0 Å². The van der Waals surface area contributed by atoms with Crippen LogP contribution in [0.3, 0.4) is 0 Å². The Balaban J connectivity index is 1.99. The largest absolute Gasteiger partial charge is 0.320 e. The summed E-state index contributed by atoms with van der Waals surface area (Å²) in [6, 6.07) is 1.00. The third-order valence-corrected chi connectivity index (χ3v) is 3.17. The van der Waals surface area contributed by atoms with E-state index in [0.29, 0.717) is 12.1 Å². The van der Waals surface area contributed by atoms with Crippen molar-refractivity contribution in [3.63, 3.8) is 0 Å². The van der Waals surface area contributed by atoms with Crippen LogP contribution in [-0.2, 0) is 0 Å². The van der Waals surface area contributed by atoms with Crippen LogP contribution in [0.1, 0.15) is 20.3 Å². The topological polar surface area (TPSA) is 35.6 Å². The van der Waals surface area contributed by atoms with Gasteiger partial charge in [-0.3, -0.25) is 0 Å². The fourth-order valence-electron chi connectivity index (χ4n) is 2.30. The van der Waals surface area contributed by atoms with E-state index in [1.165, 1.54) is 0 Å². The highest BCUT2D eigenvalue weighted by atomic mass is 16.2. The molecule has 0 unspecified atom stereocenters. The molecule has 4 nitrogen and oxygen atoms in total. The van der Waals surface area contributed by atoms with Crippen molar-refractivity contribution < 1.29 is 4.79 Å². The van der Waals surface area contributed by atoms with Crippen molar-refractivity contribution in [2.45, 2.75) is 32.4 Å². The number of hydrogen-bond acceptors (Lipinski definition) is 2. The lowest BCUT2D eigenvalue weighted by atomic mass is 10.2. The summed E-state index contributed by atoms with van der Waals surface area (Å²) in [5.41, 5.74) is 0. The first-order valence-corrected chi connectivity index (χ1v) is 5.48. The predicted molar refractivity (Wildman–Crippen MR) is 55.2 cm³/mol. The standard InChI is InChI=1S/C10H19N3O/c1-8(2)12-5-6-13(10(12)14)9-3-4-11-7-9/h8-9,11H,3-7H2,1-2H3/t9-/m0/s1. The minimum atomic E-state index is 0.230. The molecule has 2 saturated heterocycles. The van der Waals surface area contributed by atoms with Gasteiger partial charge in [-0.25, -0.2) is 4.79 Å². The molecule has 0 radical (unpaired) electrons. The first kappa shape index (κ1) is 9.77. The summed E-state index contributed by atoms with van der Waals surface area (Å²) in [5, 5.41) is 3.30. The minimum Gasteiger partial charge on any atom is -0.320 e. The van der Waals surface area contributed by atoms with Crippen LogP contribution in [0.15, 0.2) is 0 Å². The number of nitrogens with zero attached hydrogens (tertiary/aromatic N) is 2. The fraction of sp³-hybridized carbons (Fsp3) is 0.900. The lowest BCUT2D eigenvalue weighted by Crippen LogP contribution is -2.42. The summed E-state index contributed by atoms with van der Waals surface area (Å²) in [5.74, 6) is 0. The Morgan fingerprint density at radius 2 is 2.21 bits per heavy atom. The molecule has 0 aromatic rings. The van der Waals surface area contributed by atoms with Crippen LogP contribution < -0.4 is 5.32 Å². The lowest BCUT2D eigenvalue weighted by molar-refractivity contribution is 0.172. The number of urea groups is 1. The van der Waals surface area contributed by atoms with Gasteiger partial charge >= 0.3 is 6.03 Å². The van der Waals surface area contributed by atoms with Crippen LogP contribution in [0.2, 0.25) is 0 Å². The molecule has 0 aromatic heterocycles. The number of carbonyl (C=O) groups excluding carboxylic acids is 1. The van der Waals surface area contributed by atoms with Crippen molar-refractivity contribution in [2.75, 3.05) is 26.2 Å². The zero-order valence-corrected chi connectivity index (χ0v) is 8.99. The molecule has 2 aliphatic heterocycles. The van der Waals surface area contributed by atoms with Crippen LogP contribution in [0.25, 0.3) is 0 Å². The second-order valence-electron chi connectivity index (χ2n) is 4.41. The van der Waals surface area contributed by atoms with Crippen molar-refractivity contribution in [1.82, 2.24) is 15.1 Å².